The minimum atomic E-state index is -0.412. The first kappa shape index (κ1) is 14.1. The molecule has 0 bridgehead atoms. The van der Waals surface area contributed by atoms with Crippen molar-refractivity contribution in [1.82, 2.24) is 0 Å². The first-order valence-electron chi connectivity index (χ1n) is 6.05. The molecule has 0 saturated carbocycles. The van der Waals surface area contributed by atoms with Gasteiger partial charge in [0.2, 0.25) is 0 Å². The number of ether oxygens (including phenoxy) is 1. The molecule has 0 amide bonds. The van der Waals surface area contributed by atoms with Gasteiger partial charge < -0.3 is 10.1 Å². The molecule has 1 atom stereocenters. The Hall–Kier alpha value is -1.95. The van der Waals surface area contributed by atoms with Crippen molar-refractivity contribution in [3.05, 3.63) is 29.3 Å². The van der Waals surface area contributed by atoms with Crippen molar-refractivity contribution in [3.8, 4) is 12.3 Å². The van der Waals surface area contributed by atoms with E-state index in [0.717, 1.165) is 17.7 Å². The van der Waals surface area contributed by atoms with E-state index in [9.17, 15) is 4.79 Å². The molecule has 0 aliphatic carbocycles. The van der Waals surface area contributed by atoms with Gasteiger partial charge in [0.1, 0.15) is 6.04 Å². The lowest BCUT2D eigenvalue weighted by Gasteiger charge is -2.18. The summed E-state index contributed by atoms with van der Waals surface area (Å²) in [5.74, 6) is 1.95. The maximum absolute atomic E-state index is 11.6. The molecule has 0 radical (unpaired) electrons. The molecule has 3 nitrogen and oxygen atoms in total. The highest BCUT2D eigenvalue weighted by Crippen LogP contribution is 2.22. The molecule has 1 N–H and O–H groups in total. The predicted octanol–water partition coefficient (Wildman–Crippen LogP) is 2.53. The largest absolute Gasteiger partial charge is 0.451 e. The van der Waals surface area contributed by atoms with Crippen molar-refractivity contribution in [2.45, 2.75) is 33.2 Å². The molecule has 3 heteroatoms. The normalized spacial score (nSPS) is 11.4. The Kier molecular flexibility index (Phi) is 5.26. The van der Waals surface area contributed by atoms with Crippen LogP contribution in [-0.4, -0.2) is 18.6 Å². The summed E-state index contributed by atoms with van der Waals surface area (Å²) in [6.07, 6.45) is 5.96. The van der Waals surface area contributed by atoms with Crippen molar-refractivity contribution in [1.29, 1.82) is 0 Å². The summed E-state index contributed by atoms with van der Waals surface area (Å²) < 4.78 is 4.90. The molecule has 1 aromatic rings. The molecule has 0 fully saturated rings. The summed E-state index contributed by atoms with van der Waals surface area (Å²) in [7, 11) is 0. The van der Waals surface area contributed by atoms with E-state index in [1.54, 1.807) is 6.92 Å². The Bertz CT molecular complexity index is 460. The van der Waals surface area contributed by atoms with E-state index < -0.39 is 6.04 Å². The average Bonchev–Trinajstić information content (AvgIpc) is 2.38. The second kappa shape index (κ2) is 6.70. The second-order valence-corrected chi connectivity index (χ2v) is 4.14. The highest BCUT2D eigenvalue weighted by Gasteiger charge is 2.15. The fourth-order valence-electron chi connectivity index (χ4n) is 1.74. The topological polar surface area (TPSA) is 38.3 Å². The number of esters is 1. The van der Waals surface area contributed by atoms with Gasteiger partial charge in [-0.25, -0.2) is 4.79 Å². The molecule has 1 rings (SSSR count). The standard InChI is InChI=1S/C15H19NO2/c1-5-10-18-15(17)12(4)16-14-11(3)8-7-9-13(14)6-2/h1,7-9,12,16H,6,10H2,2-4H3/t12-/m0/s1. The Morgan fingerprint density at radius 2 is 2.28 bits per heavy atom. The van der Waals surface area contributed by atoms with Crippen LogP contribution in [0.1, 0.15) is 25.0 Å². The quantitative estimate of drug-likeness (QED) is 0.640. The van der Waals surface area contributed by atoms with Crippen LogP contribution in [0.4, 0.5) is 5.69 Å². The third-order valence-electron chi connectivity index (χ3n) is 2.75. The summed E-state index contributed by atoms with van der Waals surface area (Å²) in [5, 5.41) is 3.20. The Balaban J connectivity index is 2.78. The molecule has 0 unspecified atom stereocenters. The first-order valence-corrected chi connectivity index (χ1v) is 6.05. The van der Waals surface area contributed by atoms with Crippen LogP contribution in [0.25, 0.3) is 0 Å². The Labute approximate surface area is 109 Å². The number of benzene rings is 1. The van der Waals surface area contributed by atoms with E-state index in [0.29, 0.717) is 0 Å². The van der Waals surface area contributed by atoms with Crippen LogP contribution in [-0.2, 0) is 16.0 Å². The first-order chi connectivity index (χ1) is 8.60. The summed E-state index contributed by atoms with van der Waals surface area (Å²) in [6.45, 7) is 5.88. The van der Waals surface area contributed by atoms with Gasteiger partial charge in [-0.1, -0.05) is 31.0 Å². The smallest absolute Gasteiger partial charge is 0.329 e. The summed E-state index contributed by atoms with van der Waals surface area (Å²) >= 11 is 0. The van der Waals surface area contributed by atoms with E-state index in [1.165, 1.54) is 5.56 Å². The lowest BCUT2D eigenvalue weighted by molar-refractivity contribution is -0.142. The van der Waals surface area contributed by atoms with E-state index >= 15 is 0 Å². The highest BCUT2D eigenvalue weighted by molar-refractivity contribution is 5.79. The van der Waals surface area contributed by atoms with Crippen LogP contribution >= 0.6 is 0 Å². The summed E-state index contributed by atoms with van der Waals surface area (Å²) in [5.41, 5.74) is 3.31. The molecule has 18 heavy (non-hydrogen) atoms. The SMILES string of the molecule is C#CCOC(=O)[C@H](C)Nc1c(C)cccc1CC. The number of terminal acetylenes is 1. The number of rotatable bonds is 5. The molecule has 0 aliphatic heterocycles. The van der Waals surface area contributed by atoms with Crippen molar-refractivity contribution >= 4 is 11.7 Å². The number of carbonyl (C=O) groups is 1. The number of anilines is 1. The van der Waals surface area contributed by atoms with Crippen molar-refractivity contribution in [3.63, 3.8) is 0 Å². The molecule has 1 aromatic carbocycles. The number of hydrogen-bond donors (Lipinski definition) is 1. The molecular formula is C15H19NO2. The fourth-order valence-corrected chi connectivity index (χ4v) is 1.74. The van der Waals surface area contributed by atoms with Crippen LogP contribution in [0, 0.1) is 19.3 Å². The van der Waals surface area contributed by atoms with Crippen LogP contribution in [0.3, 0.4) is 0 Å². The zero-order chi connectivity index (χ0) is 13.5. The van der Waals surface area contributed by atoms with E-state index in [1.807, 2.05) is 19.1 Å². The zero-order valence-electron chi connectivity index (χ0n) is 11.1. The Morgan fingerprint density at radius 1 is 1.56 bits per heavy atom. The van der Waals surface area contributed by atoms with Crippen LogP contribution < -0.4 is 5.32 Å². The van der Waals surface area contributed by atoms with Gasteiger partial charge in [-0.3, -0.25) is 0 Å². The number of para-hydroxylation sites is 1. The van der Waals surface area contributed by atoms with E-state index in [2.05, 4.69) is 24.2 Å². The number of nitrogens with one attached hydrogen (secondary N) is 1. The monoisotopic (exact) mass is 245 g/mol. The van der Waals surface area contributed by atoms with Crippen LogP contribution in [0.5, 0.6) is 0 Å². The number of aryl methyl sites for hydroxylation is 2. The Morgan fingerprint density at radius 3 is 2.89 bits per heavy atom. The van der Waals surface area contributed by atoms with E-state index in [-0.39, 0.29) is 12.6 Å². The highest BCUT2D eigenvalue weighted by atomic mass is 16.5. The van der Waals surface area contributed by atoms with Crippen LogP contribution in [0.2, 0.25) is 0 Å². The maximum Gasteiger partial charge on any atom is 0.329 e. The van der Waals surface area contributed by atoms with Crippen molar-refractivity contribution < 1.29 is 9.53 Å². The number of hydrogen-bond acceptors (Lipinski definition) is 3. The second-order valence-electron chi connectivity index (χ2n) is 4.14. The summed E-state index contributed by atoms with van der Waals surface area (Å²) in [4.78, 5) is 11.6. The van der Waals surface area contributed by atoms with Gasteiger partial charge >= 0.3 is 5.97 Å². The average molecular weight is 245 g/mol. The number of carbonyl (C=O) groups excluding carboxylic acids is 1. The minimum absolute atomic E-state index is 0.0132. The van der Waals surface area contributed by atoms with Gasteiger partial charge in [0.05, 0.1) is 0 Å². The molecule has 0 heterocycles. The van der Waals surface area contributed by atoms with E-state index in [4.69, 9.17) is 11.2 Å². The van der Waals surface area contributed by atoms with Gasteiger partial charge in [0.15, 0.2) is 6.61 Å². The third-order valence-corrected chi connectivity index (χ3v) is 2.75. The van der Waals surface area contributed by atoms with Gasteiger partial charge in [0, 0.05) is 5.69 Å². The lowest BCUT2D eigenvalue weighted by atomic mass is 10.1. The van der Waals surface area contributed by atoms with Gasteiger partial charge in [0.25, 0.3) is 0 Å². The van der Waals surface area contributed by atoms with Gasteiger partial charge in [-0.15, -0.1) is 6.42 Å². The fraction of sp³-hybridized carbons (Fsp3) is 0.400. The lowest BCUT2D eigenvalue weighted by Crippen LogP contribution is -2.29. The summed E-state index contributed by atoms with van der Waals surface area (Å²) in [6, 6.07) is 5.67. The van der Waals surface area contributed by atoms with Gasteiger partial charge in [-0.05, 0) is 31.4 Å². The molecule has 96 valence electrons. The molecule has 0 aromatic heterocycles. The minimum Gasteiger partial charge on any atom is -0.451 e. The van der Waals surface area contributed by atoms with Crippen molar-refractivity contribution in [2.24, 2.45) is 0 Å². The molecule has 0 aliphatic rings. The predicted molar refractivity (Wildman–Crippen MR) is 73.4 cm³/mol. The van der Waals surface area contributed by atoms with Crippen LogP contribution in [0.15, 0.2) is 18.2 Å². The third kappa shape index (κ3) is 3.53. The molecular weight excluding hydrogens is 226 g/mol. The maximum atomic E-state index is 11.6. The zero-order valence-corrected chi connectivity index (χ0v) is 11.1. The van der Waals surface area contributed by atoms with Crippen molar-refractivity contribution in [2.75, 3.05) is 11.9 Å². The molecule has 0 spiro atoms. The van der Waals surface area contributed by atoms with Gasteiger partial charge in [-0.2, -0.15) is 0 Å². The molecule has 0 saturated heterocycles.